The van der Waals surface area contributed by atoms with E-state index in [1.807, 2.05) is 29.8 Å². The van der Waals surface area contributed by atoms with Crippen molar-refractivity contribution in [3.8, 4) is 11.4 Å². The Labute approximate surface area is 111 Å². The lowest BCUT2D eigenvalue weighted by molar-refractivity contribution is 0.0939. The molecule has 1 aromatic carbocycles. The molecule has 6 heteroatoms. The molecule has 1 saturated heterocycles. The molecule has 19 heavy (non-hydrogen) atoms. The fourth-order valence-corrected chi connectivity index (χ4v) is 2.44. The minimum absolute atomic E-state index is 0.219. The van der Waals surface area contributed by atoms with Gasteiger partial charge in [-0.3, -0.25) is 0 Å². The third-order valence-corrected chi connectivity index (χ3v) is 3.42. The number of aryl methyl sites for hydroxylation is 1. The van der Waals surface area contributed by atoms with Gasteiger partial charge in [-0.2, -0.15) is 0 Å². The number of hydrogen-bond donors (Lipinski definition) is 1. The Morgan fingerprint density at radius 2 is 2.37 bits per heavy atom. The summed E-state index contributed by atoms with van der Waals surface area (Å²) in [6.45, 7) is 3.55. The SMILES string of the molecule is Cc1cc(N)ccc1-c1nnnn1CC1CCCO1. The van der Waals surface area contributed by atoms with Crippen LogP contribution in [0.5, 0.6) is 0 Å². The molecule has 6 nitrogen and oxygen atoms in total. The zero-order valence-electron chi connectivity index (χ0n) is 10.9. The number of nitrogen functional groups attached to an aromatic ring is 1. The molecule has 0 spiro atoms. The highest BCUT2D eigenvalue weighted by Gasteiger charge is 2.19. The van der Waals surface area contributed by atoms with E-state index in [9.17, 15) is 0 Å². The molecule has 0 saturated carbocycles. The summed E-state index contributed by atoms with van der Waals surface area (Å²) in [6.07, 6.45) is 2.40. The molecule has 0 bridgehead atoms. The van der Waals surface area contributed by atoms with Crippen molar-refractivity contribution in [2.45, 2.75) is 32.4 Å². The normalized spacial score (nSPS) is 18.9. The van der Waals surface area contributed by atoms with Gasteiger partial charge in [0.15, 0.2) is 5.82 Å². The van der Waals surface area contributed by atoms with Crippen molar-refractivity contribution >= 4 is 5.69 Å². The summed E-state index contributed by atoms with van der Waals surface area (Å²) < 4.78 is 7.44. The smallest absolute Gasteiger partial charge is 0.182 e. The van der Waals surface area contributed by atoms with E-state index in [-0.39, 0.29) is 6.10 Å². The van der Waals surface area contributed by atoms with Crippen molar-refractivity contribution in [3.05, 3.63) is 23.8 Å². The highest BCUT2D eigenvalue weighted by molar-refractivity contribution is 5.63. The first-order chi connectivity index (χ1) is 9.24. The summed E-state index contributed by atoms with van der Waals surface area (Å²) in [5.41, 5.74) is 8.61. The molecule has 1 aliphatic rings. The van der Waals surface area contributed by atoms with Gasteiger partial charge in [0.2, 0.25) is 0 Å². The molecule has 0 amide bonds. The van der Waals surface area contributed by atoms with Crippen LogP contribution in [-0.4, -0.2) is 32.9 Å². The molecular formula is C13H17N5O. The minimum atomic E-state index is 0.219. The molecule has 2 aromatic rings. The van der Waals surface area contributed by atoms with Gasteiger partial charge in [-0.15, -0.1) is 5.10 Å². The number of aromatic nitrogens is 4. The number of ether oxygens (including phenoxy) is 1. The van der Waals surface area contributed by atoms with Crippen molar-refractivity contribution in [2.24, 2.45) is 0 Å². The van der Waals surface area contributed by atoms with E-state index in [1.165, 1.54) is 0 Å². The molecule has 2 heterocycles. The van der Waals surface area contributed by atoms with Gasteiger partial charge < -0.3 is 10.5 Å². The van der Waals surface area contributed by atoms with Crippen LogP contribution in [0.2, 0.25) is 0 Å². The van der Waals surface area contributed by atoms with Crippen LogP contribution in [0, 0.1) is 6.92 Å². The van der Waals surface area contributed by atoms with Gasteiger partial charge in [-0.1, -0.05) is 0 Å². The highest BCUT2D eigenvalue weighted by atomic mass is 16.5. The molecule has 0 aliphatic carbocycles. The number of rotatable bonds is 3. The van der Waals surface area contributed by atoms with Crippen LogP contribution in [-0.2, 0) is 11.3 Å². The molecule has 1 atom stereocenters. The maximum absolute atomic E-state index is 5.77. The van der Waals surface area contributed by atoms with Crippen LogP contribution in [0.4, 0.5) is 5.69 Å². The molecule has 3 rings (SSSR count). The molecule has 100 valence electrons. The first kappa shape index (κ1) is 12.1. The van der Waals surface area contributed by atoms with Crippen LogP contribution in [0.1, 0.15) is 18.4 Å². The Bertz CT molecular complexity index is 574. The third-order valence-electron chi connectivity index (χ3n) is 3.42. The Morgan fingerprint density at radius 1 is 1.47 bits per heavy atom. The molecule has 1 fully saturated rings. The fourth-order valence-electron chi connectivity index (χ4n) is 2.44. The van der Waals surface area contributed by atoms with E-state index in [0.29, 0.717) is 6.54 Å². The Kier molecular flexibility index (Phi) is 3.16. The van der Waals surface area contributed by atoms with Crippen molar-refractivity contribution in [3.63, 3.8) is 0 Å². The second kappa shape index (κ2) is 4.97. The predicted molar refractivity (Wildman–Crippen MR) is 71.4 cm³/mol. The summed E-state index contributed by atoms with van der Waals surface area (Å²) in [7, 11) is 0. The van der Waals surface area contributed by atoms with Gasteiger partial charge in [0.05, 0.1) is 12.6 Å². The number of anilines is 1. The van der Waals surface area contributed by atoms with Crippen molar-refractivity contribution in [1.82, 2.24) is 20.2 Å². The first-order valence-electron chi connectivity index (χ1n) is 6.48. The molecule has 2 N–H and O–H groups in total. The maximum Gasteiger partial charge on any atom is 0.182 e. The average molecular weight is 259 g/mol. The largest absolute Gasteiger partial charge is 0.399 e. The summed E-state index contributed by atoms with van der Waals surface area (Å²) in [6, 6.07) is 5.76. The fraction of sp³-hybridized carbons (Fsp3) is 0.462. The number of tetrazole rings is 1. The Hall–Kier alpha value is -1.95. The number of nitrogens with two attached hydrogens (primary N) is 1. The molecule has 1 unspecified atom stereocenters. The van der Waals surface area contributed by atoms with E-state index in [2.05, 4.69) is 15.5 Å². The van der Waals surface area contributed by atoms with Crippen LogP contribution in [0.3, 0.4) is 0 Å². The third kappa shape index (κ3) is 2.44. The van der Waals surface area contributed by atoms with Crippen molar-refractivity contribution in [2.75, 3.05) is 12.3 Å². The highest BCUT2D eigenvalue weighted by Crippen LogP contribution is 2.23. The van der Waals surface area contributed by atoms with Crippen molar-refractivity contribution in [1.29, 1.82) is 0 Å². The van der Waals surface area contributed by atoms with Crippen molar-refractivity contribution < 1.29 is 4.74 Å². The number of benzene rings is 1. The van der Waals surface area contributed by atoms with Gasteiger partial charge in [0.1, 0.15) is 0 Å². The number of nitrogens with zero attached hydrogens (tertiary/aromatic N) is 4. The standard InChI is InChI=1S/C13H17N5O/c1-9-7-10(14)4-5-12(9)13-15-16-17-18(13)8-11-3-2-6-19-11/h4-5,7,11H,2-3,6,8,14H2,1H3. The Morgan fingerprint density at radius 3 is 3.11 bits per heavy atom. The number of hydrogen-bond acceptors (Lipinski definition) is 5. The van der Waals surface area contributed by atoms with E-state index < -0.39 is 0 Å². The summed E-state index contributed by atoms with van der Waals surface area (Å²) >= 11 is 0. The topological polar surface area (TPSA) is 78.9 Å². The quantitative estimate of drug-likeness (QED) is 0.843. The lowest BCUT2D eigenvalue weighted by Crippen LogP contribution is -2.17. The average Bonchev–Trinajstić information content (AvgIpc) is 3.02. The van der Waals surface area contributed by atoms with Gasteiger partial charge in [0.25, 0.3) is 0 Å². The zero-order chi connectivity index (χ0) is 13.2. The van der Waals surface area contributed by atoms with Crippen LogP contribution in [0.15, 0.2) is 18.2 Å². The second-order valence-corrected chi connectivity index (χ2v) is 4.89. The Balaban J connectivity index is 1.90. The first-order valence-corrected chi connectivity index (χ1v) is 6.48. The second-order valence-electron chi connectivity index (χ2n) is 4.89. The van der Waals surface area contributed by atoms with Gasteiger partial charge in [0, 0.05) is 17.9 Å². The predicted octanol–water partition coefficient (Wildman–Crippen LogP) is 1.41. The van der Waals surface area contributed by atoms with Gasteiger partial charge in [-0.25, -0.2) is 4.68 Å². The summed E-state index contributed by atoms with van der Waals surface area (Å²) in [4.78, 5) is 0. The molecule has 1 aliphatic heterocycles. The van der Waals surface area contributed by atoms with E-state index in [4.69, 9.17) is 10.5 Å². The van der Waals surface area contributed by atoms with Crippen LogP contribution in [0.25, 0.3) is 11.4 Å². The van der Waals surface area contributed by atoms with E-state index in [0.717, 1.165) is 42.1 Å². The maximum atomic E-state index is 5.77. The summed E-state index contributed by atoms with van der Waals surface area (Å²) in [5.74, 6) is 0.771. The van der Waals surface area contributed by atoms with Crippen LogP contribution < -0.4 is 5.73 Å². The van der Waals surface area contributed by atoms with Crippen LogP contribution >= 0.6 is 0 Å². The minimum Gasteiger partial charge on any atom is -0.399 e. The lowest BCUT2D eigenvalue weighted by atomic mass is 10.1. The van der Waals surface area contributed by atoms with E-state index >= 15 is 0 Å². The summed E-state index contributed by atoms with van der Waals surface area (Å²) in [5, 5.41) is 12.0. The van der Waals surface area contributed by atoms with E-state index in [1.54, 1.807) is 0 Å². The monoisotopic (exact) mass is 259 g/mol. The van der Waals surface area contributed by atoms with Gasteiger partial charge >= 0.3 is 0 Å². The lowest BCUT2D eigenvalue weighted by Gasteiger charge is -2.11. The van der Waals surface area contributed by atoms with Gasteiger partial charge in [-0.05, 0) is 54.0 Å². The molecule has 0 radical (unpaired) electrons. The zero-order valence-corrected chi connectivity index (χ0v) is 10.9. The molecular weight excluding hydrogens is 242 g/mol. The molecule has 1 aromatic heterocycles.